The summed E-state index contributed by atoms with van der Waals surface area (Å²) in [6, 6.07) is 5.05. The first-order valence-electron chi connectivity index (χ1n) is 5.00. The fraction of sp³-hybridized carbons (Fsp3) is 0.455. The van der Waals surface area contributed by atoms with Crippen LogP contribution in [0.2, 0.25) is 0 Å². The van der Waals surface area contributed by atoms with Crippen LogP contribution < -0.4 is 0 Å². The van der Waals surface area contributed by atoms with Crippen molar-refractivity contribution in [3.8, 4) is 0 Å². The summed E-state index contributed by atoms with van der Waals surface area (Å²) in [5, 5.41) is 9.37. The number of hydrogen-bond acceptors (Lipinski definition) is 2. The number of halogens is 2. The van der Waals surface area contributed by atoms with Crippen molar-refractivity contribution in [2.75, 3.05) is 13.1 Å². The highest BCUT2D eigenvalue weighted by molar-refractivity contribution is 9.10. The van der Waals surface area contributed by atoms with Crippen LogP contribution in [0.4, 0.5) is 4.39 Å². The molecule has 2 nitrogen and oxygen atoms in total. The molecule has 1 aliphatic rings. The van der Waals surface area contributed by atoms with Gasteiger partial charge in [0, 0.05) is 19.6 Å². The normalized spacial score (nSPS) is 22.2. The molecular formula is C11H13BrFNO. The third kappa shape index (κ3) is 2.56. The Kier molecular flexibility index (Phi) is 3.38. The number of benzene rings is 1. The van der Waals surface area contributed by atoms with E-state index in [0.717, 1.165) is 18.5 Å². The quantitative estimate of drug-likeness (QED) is 0.893. The summed E-state index contributed by atoms with van der Waals surface area (Å²) in [6.45, 7) is 2.25. The van der Waals surface area contributed by atoms with Crippen molar-refractivity contribution in [1.82, 2.24) is 4.90 Å². The van der Waals surface area contributed by atoms with Crippen molar-refractivity contribution < 1.29 is 9.50 Å². The van der Waals surface area contributed by atoms with Gasteiger partial charge in [0.15, 0.2) is 0 Å². The topological polar surface area (TPSA) is 23.5 Å². The summed E-state index contributed by atoms with van der Waals surface area (Å²) in [6.07, 6.45) is 0.588. The van der Waals surface area contributed by atoms with Crippen LogP contribution in [0, 0.1) is 5.82 Å². The lowest BCUT2D eigenvalue weighted by molar-refractivity contribution is 0.174. The molecule has 0 unspecified atom stereocenters. The van der Waals surface area contributed by atoms with Gasteiger partial charge in [0.1, 0.15) is 5.82 Å². The highest BCUT2D eigenvalue weighted by Gasteiger charge is 2.20. The first-order valence-corrected chi connectivity index (χ1v) is 5.79. The zero-order valence-corrected chi connectivity index (χ0v) is 9.87. The summed E-state index contributed by atoms with van der Waals surface area (Å²) in [7, 11) is 0. The minimum absolute atomic E-state index is 0.225. The molecule has 1 heterocycles. The molecule has 1 aliphatic heterocycles. The average Bonchev–Trinajstić information content (AvgIpc) is 2.59. The van der Waals surface area contributed by atoms with E-state index in [-0.39, 0.29) is 11.9 Å². The highest BCUT2D eigenvalue weighted by atomic mass is 79.9. The summed E-state index contributed by atoms with van der Waals surface area (Å²) in [4.78, 5) is 2.13. The van der Waals surface area contributed by atoms with Crippen LogP contribution >= 0.6 is 15.9 Å². The van der Waals surface area contributed by atoms with E-state index < -0.39 is 0 Å². The Labute approximate surface area is 96.8 Å². The highest BCUT2D eigenvalue weighted by Crippen LogP contribution is 2.23. The van der Waals surface area contributed by atoms with E-state index in [1.807, 2.05) is 6.07 Å². The Hall–Kier alpha value is -0.450. The smallest absolute Gasteiger partial charge is 0.137 e. The van der Waals surface area contributed by atoms with Gasteiger partial charge in [-0.2, -0.15) is 0 Å². The Morgan fingerprint density at radius 1 is 1.53 bits per heavy atom. The summed E-state index contributed by atoms with van der Waals surface area (Å²) in [5.41, 5.74) is 0.934. The van der Waals surface area contributed by atoms with Gasteiger partial charge < -0.3 is 5.11 Å². The van der Waals surface area contributed by atoms with Gasteiger partial charge in [-0.15, -0.1) is 0 Å². The lowest BCUT2D eigenvalue weighted by Crippen LogP contribution is -2.21. The van der Waals surface area contributed by atoms with Crippen LogP contribution in [-0.2, 0) is 6.54 Å². The zero-order valence-electron chi connectivity index (χ0n) is 8.29. The van der Waals surface area contributed by atoms with E-state index in [0.29, 0.717) is 17.6 Å². The average molecular weight is 274 g/mol. The Morgan fingerprint density at radius 3 is 3.00 bits per heavy atom. The van der Waals surface area contributed by atoms with E-state index in [1.54, 1.807) is 6.07 Å². The van der Waals surface area contributed by atoms with Crippen LogP contribution in [-0.4, -0.2) is 29.2 Å². The van der Waals surface area contributed by atoms with Gasteiger partial charge in [-0.3, -0.25) is 4.90 Å². The Balaban J connectivity index is 2.07. The monoisotopic (exact) mass is 273 g/mol. The van der Waals surface area contributed by atoms with Gasteiger partial charge in [0.25, 0.3) is 0 Å². The molecule has 0 radical (unpaired) electrons. The van der Waals surface area contributed by atoms with Crippen LogP contribution in [0.15, 0.2) is 22.7 Å². The molecule has 0 aliphatic carbocycles. The van der Waals surface area contributed by atoms with Crippen LogP contribution in [0.5, 0.6) is 0 Å². The molecule has 15 heavy (non-hydrogen) atoms. The largest absolute Gasteiger partial charge is 0.392 e. The molecule has 1 fully saturated rings. The number of rotatable bonds is 2. The van der Waals surface area contributed by atoms with E-state index in [2.05, 4.69) is 20.8 Å². The van der Waals surface area contributed by atoms with Gasteiger partial charge in [0.2, 0.25) is 0 Å². The first kappa shape index (κ1) is 11.0. The Morgan fingerprint density at radius 2 is 2.33 bits per heavy atom. The molecule has 1 aromatic carbocycles. The third-order valence-electron chi connectivity index (χ3n) is 2.67. The van der Waals surface area contributed by atoms with Gasteiger partial charge >= 0.3 is 0 Å². The lowest BCUT2D eigenvalue weighted by Gasteiger charge is -2.15. The second-order valence-electron chi connectivity index (χ2n) is 3.89. The van der Waals surface area contributed by atoms with Crippen molar-refractivity contribution in [2.24, 2.45) is 0 Å². The fourth-order valence-corrected chi connectivity index (χ4v) is 2.26. The van der Waals surface area contributed by atoms with Crippen molar-refractivity contribution in [3.63, 3.8) is 0 Å². The number of β-amino-alcohol motifs (C(OH)–C–C–N with tert-alkyl or cyclic N) is 1. The molecule has 2 rings (SSSR count). The molecule has 1 saturated heterocycles. The van der Waals surface area contributed by atoms with Gasteiger partial charge in [0.05, 0.1) is 10.6 Å². The third-order valence-corrected chi connectivity index (χ3v) is 3.56. The number of aliphatic hydroxyl groups excluding tert-OH is 1. The summed E-state index contributed by atoms with van der Waals surface area (Å²) in [5.74, 6) is -0.229. The SMILES string of the molecule is O[C@@H]1CCN(Cc2cccc(F)c2Br)C1. The van der Waals surface area contributed by atoms with Crippen molar-refractivity contribution in [2.45, 2.75) is 19.1 Å². The Bertz CT molecular complexity index is 358. The van der Waals surface area contributed by atoms with Gasteiger partial charge in [-0.25, -0.2) is 4.39 Å². The summed E-state index contributed by atoms with van der Waals surface area (Å²) < 4.78 is 13.7. The molecule has 0 aromatic heterocycles. The maximum Gasteiger partial charge on any atom is 0.137 e. The second-order valence-corrected chi connectivity index (χ2v) is 4.68. The van der Waals surface area contributed by atoms with Crippen molar-refractivity contribution in [3.05, 3.63) is 34.1 Å². The summed E-state index contributed by atoms with van der Waals surface area (Å²) >= 11 is 3.24. The molecule has 1 aromatic rings. The molecule has 1 atom stereocenters. The van der Waals surface area contributed by atoms with Crippen LogP contribution in [0.25, 0.3) is 0 Å². The first-order chi connectivity index (χ1) is 7.16. The predicted octanol–water partition coefficient (Wildman–Crippen LogP) is 2.15. The minimum Gasteiger partial charge on any atom is -0.392 e. The van der Waals surface area contributed by atoms with E-state index in [9.17, 15) is 9.50 Å². The van der Waals surface area contributed by atoms with Crippen molar-refractivity contribution >= 4 is 15.9 Å². The van der Waals surface area contributed by atoms with Crippen LogP contribution in [0.1, 0.15) is 12.0 Å². The van der Waals surface area contributed by atoms with Crippen molar-refractivity contribution in [1.29, 1.82) is 0 Å². The molecule has 0 bridgehead atoms. The zero-order chi connectivity index (χ0) is 10.8. The van der Waals surface area contributed by atoms with E-state index >= 15 is 0 Å². The standard InChI is InChI=1S/C11H13BrFNO/c12-11-8(2-1-3-10(11)13)6-14-5-4-9(15)7-14/h1-3,9,15H,4-7H2/t9-/m1/s1. The molecular weight excluding hydrogens is 261 g/mol. The second kappa shape index (κ2) is 4.60. The number of nitrogens with zero attached hydrogens (tertiary/aromatic N) is 1. The fourth-order valence-electron chi connectivity index (χ4n) is 1.87. The lowest BCUT2D eigenvalue weighted by atomic mass is 10.2. The van der Waals surface area contributed by atoms with Gasteiger partial charge in [-0.1, -0.05) is 12.1 Å². The number of likely N-dealkylation sites (tertiary alicyclic amines) is 1. The molecule has 82 valence electrons. The van der Waals surface area contributed by atoms with Crippen LogP contribution in [0.3, 0.4) is 0 Å². The molecule has 4 heteroatoms. The van der Waals surface area contributed by atoms with E-state index in [1.165, 1.54) is 6.07 Å². The number of aliphatic hydroxyl groups is 1. The number of hydrogen-bond donors (Lipinski definition) is 1. The molecule has 1 N–H and O–H groups in total. The minimum atomic E-state index is -0.229. The predicted molar refractivity (Wildman–Crippen MR) is 60.0 cm³/mol. The van der Waals surface area contributed by atoms with Gasteiger partial charge in [-0.05, 0) is 34.0 Å². The molecule has 0 amide bonds. The molecule has 0 spiro atoms. The van der Waals surface area contributed by atoms with E-state index in [4.69, 9.17) is 0 Å². The molecule has 0 saturated carbocycles. The maximum absolute atomic E-state index is 13.2. The maximum atomic E-state index is 13.2.